The molecule has 0 aliphatic carbocycles. The smallest absolute Gasteiger partial charge is 0.123 e. The van der Waals surface area contributed by atoms with E-state index in [0.29, 0.717) is 5.88 Å². The second-order valence-electron chi connectivity index (χ2n) is 3.29. The van der Waals surface area contributed by atoms with Gasteiger partial charge in [-0.05, 0) is 36.6 Å². The number of hydrogen-bond donors (Lipinski definition) is 0. The van der Waals surface area contributed by atoms with Crippen molar-refractivity contribution in [2.24, 2.45) is 0 Å². The molecule has 0 atom stereocenters. The average molecular weight is 213 g/mol. The van der Waals surface area contributed by atoms with Crippen LogP contribution >= 0.6 is 11.6 Å². The van der Waals surface area contributed by atoms with Crippen molar-refractivity contribution in [2.75, 3.05) is 5.88 Å². The molecule has 1 rings (SSSR count). The zero-order valence-electron chi connectivity index (χ0n) is 8.48. The Kier molecular flexibility index (Phi) is 4.15. The first kappa shape index (κ1) is 11.3. The van der Waals surface area contributed by atoms with E-state index in [4.69, 9.17) is 11.6 Å². The molecule has 0 unspecified atom stereocenters. The van der Waals surface area contributed by atoms with Crippen LogP contribution in [0.2, 0.25) is 0 Å². The van der Waals surface area contributed by atoms with Gasteiger partial charge in [0.25, 0.3) is 0 Å². The second-order valence-corrected chi connectivity index (χ2v) is 3.56. The fraction of sp³-hybridized carbons (Fsp3) is 0.333. The van der Waals surface area contributed by atoms with Crippen molar-refractivity contribution in [3.63, 3.8) is 0 Å². The van der Waals surface area contributed by atoms with E-state index in [1.807, 2.05) is 13.0 Å². The lowest BCUT2D eigenvalue weighted by atomic mass is 10.1. The Labute approximate surface area is 89.4 Å². The third-order valence-electron chi connectivity index (χ3n) is 2.22. The molecule has 0 fully saturated rings. The fourth-order valence-corrected chi connectivity index (χ4v) is 1.52. The minimum absolute atomic E-state index is 0.191. The van der Waals surface area contributed by atoms with Gasteiger partial charge in [-0.3, -0.25) is 0 Å². The summed E-state index contributed by atoms with van der Waals surface area (Å²) in [4.78, 5) is 0. The lowest BCUT2D eigenvalue weighted by Gasteiger charge is -2.03. The topological polar surface area (TPSA) is 0 Å². The first-order chi connectivity index (χ1) is 6.67. The van der Waals surface area contributed by atoms with Gasteiger partial charge < -0.3 is 0 Å². The van der Waals surface area contributed by atoms with Crippen molar-refractivity contribution in [3.05, 3.63) is 40.7 Å². The van der Waals surface area contributed by atoms with Crippen LogP contribution in [-0.2, 0) is 0 Å². The zero-order valence-corrected chi connectivity index (χ0v) is 9.24. The summed E-state index contributed by atoms with van der Waals surface area (Å²) in [5.74, 6) is 0.344. The van der Waals surface area contributed by atoms with E-state index in [1.54, 1.807) is 6.07 Å². The quantitative estimate of drug-likeness (QED) is 0.660. The highest BCUT2D eigenvalue weighted by Crippen LogP contribution is 2.16. The summed E-state index contributed by atoms with van der Waals surface area (Å²) in [6, 6.07) is 4.79. The monoisotopic (exact) mass is 212 g/mol. The van der Waals surface area contributed by atoms with E-state index in [1.165, 1.54) is 17.7 Å². The van der Waals surface area contributed by atoms with Crippen LogP contribution in [0.15, 0.2) is 23.8 Å². The molecule has 1 aromatic carbocycles. The van der Waals surface area contributed by atoms with Crippen molar-refractivity contribution in [3.8, 4) is 0 Å². The van der Waals surface area contributed by atoms with Gasteiger partial charge in [0.15, 0.2) is 0 Å². The maximum Gasteiger partial charge on any atom is 0.123 e. The Morgan fingerprint density at radius 3 is 2.71 bits per heavy atom. The summed E-state index contributed by atoms with van der Waals surface area (Å²) >= 11 is 5.76. The van der Waals surface area contributed by atoms with Gasteiger partial charge in [0.2, 0.25) is 0 Å². The third-order valence-corrected chi connectivity index (χ3v) is 2.56. The van der Waals surface area contributed by atoms with Gasteiger partial charge in [-0.1, -0.05) is 24.6 Å². The molecule has 0 saturated carbocycles. The van der Waals surface area contributed by atoms with Crippen molar-refractivity contribution >= 4 is 17.7 Å². The number of aryl methyl sites for hydroxylation is 1. The number of hydrogen-bond acceptors (Lipinski definition) is 0. The molecule has 0 radical (unpaired) electrons. The third kappa shape index (κ3) is 2.85. The summed E-state index contributed by atoms with van der Waals surface area (Å²) in [5, 5.41) is 0. The first-order valence-electron chi connectivity index (χ1n) is 4.69. The first-order valence-corrected chi connectivity index (χ1v) is 5.22. The summed E-state index contributed by atoms with van der Waals surface area (Å²) in [7, 11) is 0. The van der Waals surface area contributed by atoms with E-state index in [0.717, 1.165) is 17.5 Å². The molecule has 76 valence electrons. The van der Waals surface area contributed by atoms with Gasteiger partial charge >= 0.3 is 0 Å². The molecule has 0 amide bonds. The molecule has 0 N–H and O–H groups in total. The number of benzene rings is 1. The predicted octanol–water partition coefficient (Wildman–Crippen LogP) is 4.17. The van der Waals surface area contributed by atoms with Crippen LogP contribution in [0.1, 0.15) is 24.5 Å². The summed E-state index contributed by atoms with van der Waals surface area (Å²) < 4.78 is 12.8. The Morgan fingerprint density at radius 2 is 2.21 bits per heavy atom. The molecule has 0 heterocycles. The molecule has 0 aromatic heterocycles. The van der Waals surface area contributed by atoms with Crippen LogP contribution in [-0.4, -0.2) is 5.88 Å². The molecule has 0 spiro atoms. The number of alkyl halides is 1. The van der Waals surface area contributed by atoms with E-state index in [-0.39, 0.29) is 5.82 Å². The maximum atomic E-state index is 12.8. The molecule has 14 heavy (non-hydrogen) atoms. The Morgan fingerprint density at radius 1 is 1.50 bits per heavy atom. The summed E-state index contributed by atoms with van der Waals surface area (Å²) in [5.41, 5.74) is 3.16. The molecule has 0 aliphatic heterocycles. The summed E-state index contributed by atoms with van der Waals surface area (Å²) in [6.45, 7) is 3.96. The summed E-state index contributed by atoms with van der Waals surface area (Å²) in [6.07, 6.45) is 2.96. The Hall–Kier alpha value is -0.820. The van der Waals surface area contributed by atoms with E-state index in [9.17, 15) is 4.39 Å². The van der Waals surface area contributed by atoms with Gasteiger partial charge in [-0.2, -0.15) is 0 Å². The lowest BCUT2D eigenvalue weighted by Crippen LogP contribution is -1.87. The normalized spacial score (nSPS) is 11.9. The SMILES string of the molecule is CCC(=Cc1ccc(F)cc1C)CCl. The fourth-order valence-electron chi connectivity index (χ4n) is 1.26. The Bertz CT molecular complexity index is 336. The maximum absolute atomic E-state index is 12.8. The van der Waals surface area contributed by atoms with Crippen LogP contribution < -0.4 is 0 Å². The molecular weight excluding hydrogens is 199 g/mol. The molecule has 1 aromatic rings. The molecule has 0 aliphatic rings. The highest BCUT2D eigenvalue weighted by atomic mass is 35.5. The standard InChI is InChI=1S/C12H14ClF/c1-3-10(8-13)7-11-4-5-12(14)6-9(11)2/h4-7H,3,8H2,1-2H3. The van der Waals surface area contributed by atoms with Gasteiger partial charge in [-0.25, -0.2) is 4.39 Å². The molecule has 0 nitrogen and oxygen atoms in total. The molecular formula is C12H14ClF. The minimum atomic E-state index is -0.191. The van der Waals surface area contributed by atoms with Crippen molar-refractivity contribution < 1.29 is 4.39 Å². The predicted molar refractivity (Wildman–Crippen MR) is 60.1 cm³/mol. The molecule has 0 saturated heterocycles. The molecule has 0 bridgehead atoms. The highest BCUT2D eigenvalue weighted by Gasteiger charge is 1.98. The number of halogens is 2. The average Bonchev–Trinajstić information content (AvgIpc) is 2.17. The lowest BCUT2D eigenvalue weighted by molar-refractivity contribution is 0.626. The van der Waals surface area contributed by atoms with Crippen molar-refractivity contribution in [1.82, 2.24) is 0 Å². The number of allylic oxidation sites excluding steroid dienone is 1. The van der Waals surface area contributed by atoms with Gasteiger partial charge in [-0.15, -0.1) is 11.6 Å². The van der Waals surface area contributed by atoms with E-state index in [2.05, 4.69) is 6.92 Å². The second kappa shape index (κ2) is 5.16. The van der Waals surface area contributed by atoms with Crippen LogP contribution in [0.3, 0.4) is 0 Å². The minimum Gasteiger partial charge on any atom is -0.207 e. The van der Waals surface area contributed by atoms with Crippen molar-refractivity contribution in [1.29, 1.82) is 0 Å². The zero-order chi connectivity index (χ0) is 10.6. The Balaban J connectivity index is 3.02. The van der Waals surface area contributed by atoms with Gasteiger partial charge in [0.05, 0.1) is 0 Å². The van der Waals surface area contributed by atoms with Gasteiger partial charge in [0.1, 0.15) is 5.82 Å². The van der Waals surface area contributed by atoms with E-state index < -0.39 is 0 Å². The van der Waals surface area contributed by atoms with Gasteiger partial charge in [0, 0.05) is 5.88 Å². The van der Waals surface area contributed by atoms with Crippen LogP contribution in [0.4, 0.5) is 4.39 Å². The highest BCUT2D eigenvalue weighted by molar-refractivity contribution is 6.19. The van der Waals surface area contributed by atoms with Crippen LogP contribution in [0.25, 0.3) is 6.08 Å². The van der Waals surface area contributed by atoms with Crippen molar-refractivity contribution in [2.45, 2.75) is 20.3 Å². The molecule has 2 heteroatoms. The van der Waals surface area contributed by atoms with E-state index >= 15 is 0 Å². The number of rotatable bonds is 3. The van der Waals surface area contributed by atoms with Crippen LogP contribution in [0, 0.1) is 12.7 Å². The van der Waals surface area contributed by atoms with Crippen LogP contribution in [0.5, 0.6) is 0 Å². The largest absolute Gasteiger partial charge is 0.207 e.